The summed E-state index contributed by atoms with van der Waals surface area (Å²) in [7, 11) is 0. The molecule has 2 aliphatic heterocycles. The number of aromatic nitrogens is 1. The van der Waals surface area contributed by atoms with Crippen LogP contribution >= 0.6 is 0 Å². The molecule has 2 saturated heterocycles. The van der Waals surface area contributed by atoms with E-state index in [2.05, 4.69) is 22.9 Å². The van der Waals surface area contributed by atoms with E-state index in [-0.39, 0.29) is 18.0 Å². The van der Waals surface area contributed by atoms with Crippen LogP contribution in [0.3, 0.4) is 0 Å². The Hall–Kier alpha value is -3.13. The van der Waals surface area contributed by atoms with Crippen molar-refractivity contribution < 1.29 is 19.1 Å². The van der Waals surface area contributed by atoms with Crippen LogP contribution in [0, 0.1) is 13.8 Å². The molecule has 4 rings (SSSR count). The molecule has 0 aliphatic carbocycles. The third-order valence-electron chi connectivity index (χ3n) is 5.92. The fraction of sp³-hybridized carbons (Fsp3) is 0.458. The molecule has 0 radical (unpaired) electrons. The van der Waals surface area contributed by atoms with Gasteiger partial charge >= 0.3 is 6.09 Å². The van der Waals surface area contributed by atoms with Gasteiger partial charge in [0, 0.05) is 50.2 Å². The van der Waals surface area contributed by atoms with Crippen LogP contribution in [-0.2, 0) is 9.47 Å². The number of nitrogens with zero attached hydrogens (tertiary/aromatic N) is 4. The first-order chi connectivity index (χ1) is 15.5. The van der Waals surface area contributed by atoms with Gasteiger partial charge in [0.05, 0.1) is 12.6 Å². The van der Waals surface area contributed by atoms with E-state index in [9.17, 15) is 9.59 Å². The van der Waals surface area contributed by atoms with Gasteiger partial charge in [0.15, 0.2) is 0 Å². The minimum atomic E-state index is -0.384. The van der Waals surface area contributed by atoms with Crippen molar-refractivity contribution >= 4 is 23.5 Å². The lowest BCUT2D eigenvalue weighted by atomic mass is 10.1. The summed E-state index contributed by atoms with van der Waals surface area (Å²) in [5, 5.41) is 0. The van der Waals surface area contributed by atoms with Crippen LogP contribution in [0.2, 0.25) is 0 Å². The van der Waals surface area contributed by atoms with Crippen molar-refractivity contribution in [3.63, 3.8) is 0 Å². The highest BCUT2D eigenvalue weighted by molar-refractivity contribution is 5.96. The Morgan fingerprint density at radius 3 is 2.53 bits per heavy atom. The Bertz CT molecular complexity index is 970. The maximum Gasteiger partial charge on any atom is 0.414 e. The highest BCUT2D eigenvalue weighted by Crippen LogP contribution is 2.25. The maximum atomic E-state index is 13.0. The van der Waals surface area contributed by atoms with Gasteiger partial charge in [0.2, 0.25) is 0 Å². The zero-order valence-corrected chi connectivity index (χ0v) is 18.9. The van der Waals surface area contributed by atoms with Crippen molar-refractivity contribution in [2.75, 3.05) is 55.8 Å². The van der Waals surface area contributed by atoms with Crippen LogP contribution in [0.5, 0.6) is 0 Å². The van der Waals surface area contributed by atoms with Gasteiger partial charge in [-0.3, -0.25) is 9.69 Å². The van der Waals surface area contributed by atoms with Crippen molar-refractivity contribution in [3.8, 4) is 0 Å². The highest BCUT2D eigenvalue weighted by Gasteiger charge is 2.34. The molecule has 0 spiro atoms. The SMILES string of the molecule is CCOCC1COC(=O)N1c1ccc(C(=O)N2CCN(c3ncc(C)cc3C)CC2)cc1. The first kappa shape index (κ1) is 22.1. The number of pyridine rings is 1. The molecular weight excluding hydrogens is 408 g/mol. The molecule has 0 N–H and O–H groups in total. The van der Waals surface area contributed by atoms with Gasteiger partial charge in [-0.25, -0.2) is 9.78 Å². The fourth-order valence-electron chi connectivity index (χ4n) is 4.26. The Balaban J connectivity index is 1.38. The Morgan fingerprint density at radius 2 is 1.88 bits per heavy atom. The van der Waals surface area contributed by atoms with Gasteiger partial charge in [-0.1, -0.05) is 6.07 Å². The number of hydrogen-bond donors (Lipinski definition) is 0. The minimum absolute atomic E-state index is 0.000322. The molecule has 8 heteroatoms. The van der Waals surface area contributed by atoms with E-state index >= 15 is 0 Å². The summed E-state index contributed by atoms with van der Waals surface area (Å²) in [5.74, 6) is 0.991. The molecule has 0 bridgehead atoms. The zero-order valence-electron chi connectivity index (χ0n) is 18.9. The lowest BCUT2D eigenvalue weighted by molar-refractivity contribution is 0.0746. The van der Waals surface area contributed by atoms with E-state index in [1.165, 1.54) is 0 Å². The molecule has 1 unspecified atom stereocenters. The number of aryl methyl sites for hydroxylation is 2. The lowest BCUT2D eigenvalue weighted by Gasteiger charge is -2.36. The van der Waals surface area contributed by atoms with Gasteiger partial charge in [0.25, 0.3) is 5.91 Å². The highest BCUT2D eigenvalue weighted by atomic mass is 16.6. The number of rotatable bonds is 6. The number of cyclic esters (lactones) is 1. The van der Waals surface area contributed by atoms with E-state index in [0.29, 0.717) is 44.2 Å². The summed E-state index contributed by atoms with van der Waals surface area (Å²) in [5.41, 5.74) is 3.62. The van der Waals surface area contributed by atoms with Gasteiger partial charge < -0.3 is 19.3 Å². The molecular formula is C24H30N4O4. The van der Waals surface area contributed by atoms with Gasteiger partial charge in [0.1, 0.15) is 12.4 Å². The Kier molecular flexibility index (Phi) is 6.60. The van der Waals surface area contributed by atoms with Gasteiger partial charge in [-0.15, -0.1) is 0 Å². The van der Waals surface area contributed by atoms with E-state index in [4.69, 9.17) is 9.47 Å². The second-order valence-corrected chi connectivity index (χ2v) is 8.24. The zero-order chi connectivity index (χ0) is 22.7. The van der Waals surface area contributed by atoms with E-state index in [0.717, 1.165) is 30.0 Å². The number of piperazine rings is 1. The summed E-state index contributed by atoms with van der Waals surface area (Å²) in [6.45, 7) is 10.1. The first-order valence-corrected chi connectivity index (χ1v) is 11.1. The number of carbonyl (C=O) groups excluding carboxylic acids is 2. The smallest absolute Gasteiger partial charge is 0.414 e. The molecule has 2 aliphatic rings. The fourth-order valence-corrected chi connectivity index (χ4v) is 4.26. The molecule has 3 heterocycles. The van der Waals surface area contributed by atoms with Crippen molar-refractivity contribution in [2.45, 2.75) is 26.8 Å². The van der Waals surface area contributed by atoms with E-state index in [1.807, 2.05) is 24.9 Å². The van der Waals surface area contributed by atoms with Crippen molar-refractivity contribution in [1.29, 1.82) is 0 Å². The number of anilines is 2. The largest absolute Gasteiger partial charge is 0.447 e. The number of carbonyl (C=O) groups is 2. The van der Waals surface area contributed by atoms with Crippen molar-refractivity contribution in [3.05, 3.63) is 53.2 Å². The number of benzene rings is 1. The maximum absolute atomic E-state index is 13.0. The quantitative estimate of drug-likeness (QED) is 0.690. The summed E-state index contributed by atoms with van der Waals surface area (Å²) in [4.78, 5) is 35.5. The third kappa shape index (κ3) is 4.55. The number of ether oxygens (including phenoxy) is 2. The van der Waals surface area contributed by atoms with Crippen LogP contribution in [0.4, 0.5) is 16.3 Å². The topological polar surface area (TPSA) is 75.2 Å². The van der Waals surface area contributed by atoms with E-state index < -0.39 is 0 Å². The molecule has 170 valence electrons. The summed E-state index contributed by atoms with van der Waals surface area (Å²) >= 11 is 0. The Morgan fingerprint density at radius 1 is 1.16 bits per heavy atom. The molecule has 0 saturated carbocycles. The number of amides is 2. The van der Waals surface area contributed by atoms with Gasteiger partial charge in [-0.2, -0.15) is 0 Å². The monoisotopic (exact) mass is 438 g/mol. The predicted octanol–water partition coefficient (Wildman–Crippen LogP) is 3.02. The van der Waals surface area contributed by atoms with Crippen LogP contribution in [0.15, 0.2) is 36.5 Å². The second-order valence-electron chi connectivity index (χ2n) is 8.24. The average molecular weight is 439 g/mol. The third-order valence-corrected chi connectivity index (χ3v) is 5.92. The van der Waals surface area contributed by atoms with Crippen LogP contribution < -0.4 is 9.80 Å². The molecule has 8 nitrogen and oxygen atoms in total. The minimum Gasteiger partial charge on any atom is -0.447 e. The predicted molar refractivity (Wildman–Crippen MR) is 122 cm³/mol. The van der Waals surface area contributed by atoms with Crippen LogP contribution in [0.25, 0.3) is 0 Å². The Labute approximate surface area is 188 Å². The first-order valence-electron chi connectivity index (χ1n) is 11.1. The van der Waals surface area contributed by atoms with Crippen LogP contribution in [-0.4, -0.2) is 73.9 Å². The molecule has 2 fully saturated rings. The summed E-state index contributed by atoms with van der Waals surface area (Å²) in [6, 6.07) is 9.13. The second kappa shape index (κ2) is 9.56. The summed E-state index contributed by atoms with van der Waals surface area (Å²) < 4.78 is 10.7. The van der Waals surface area contributed by atoms with Gasteiger partial charge in [-0.05, 0) is 56.2 Å². The molecule has 32 heavy (non-hydrogen) atoms. The number of hydrogen-bond acceptors (Lipinski definition) is 6. The van der Waals surface area contributed by atoms with Crippen molar-refractivity contribution in [2.24, 2.45) is 0 Å². The molecule has 1 aromatic heterocycles. The average Bonchev–Trinajstić information content (AvgIpc) is 3.17. The standard InChI is InChI=1S/C24H30N4O4/c1-4-31-15-21-16-32-24(30)28(21)20-7-5-19(6-8-20)23(29)27-11-9-26(10-12-27)22-18(3)13-17(2)14-25-22/h5-8,13-14,21H,4,9-12,15-16H2,1-3H3. The molecule has 2 aromatic rings. The molecule has 1 atom stereocenters. The van der Waals surface area contributed by atoms with Crippen LogP contribution in [0.1, 0.15) is 28.4 Å². The molecule has 2 amide bonds. The normalized spacial score (nSPS) is 18.8. The van der Waals surface area contributed by atoms with E-state index in [1.54, 1.807) is 29.2 Å². The van der Waals surface area contributed by atoms with Crippen molar-refractivity contribution in [1.82, 2.24) is 9.88 Å². The lowest BCUT2D eigenvalue weighted by Crippen LogP contribution is -2.49. The molecule has 1 aromatic carbocycles. The summed E-state index contributed by atoms with van der Waals surface area (Å²) in [6.07, 6.45) is 1.50.